The van der Waals surface area contributed by atoms with Crippen molar-refractivity contribution in [3.63, 3.8) is 0 Å². The molecule has 13 heavy (non-hydrogen) atoms. The van der Waals surface area contributed by atoms with Crippen LogP contribution in [0.2, 0.25) is 0 Å². The molecule has 0 aromatic heterocycles. The number of nitrogens with two attached hydrogens (primary N) is 1. The fraction of sp³-hybridized carbons (Fsp3) is 1.00. The molecular weight excluding hydrogens is 160 g/mol. The average molecular weight is 184 g/mol. The van der Waals surface area contributed by atoms with Crippen LogP contribution in [-0.2, 0) is 0 Å². The van der Waals surface area contributed by atoms with Gasteiger partial charge in [-0.25, -0.2) is 0 Å². The number of rotatable bonds is 5. The van der Waals surface area contributed by atoms with Gasteiger partial charge in [-0.15, -0.1) is 0 Å². The van der Waals surface area contributed by atoms with Crippen LogP contribution in [0.4, 0.5) is 0 Å². The summed E-state index contributed by atoms with van der Waals surface area (Å²) in [7, 11) is 0. The summed E-state index contributed by atoms with van der Waals surface area (Å²) in [6.45, 7) is 7.97. The Kier molecular flexibility index (Phi) is 4.74. The van der Waals surface area contributed by atoms with Crippen molar-refractivity contribution >= 4 is 0 Å². The highest BCUT2D eigenvalue weighted by molar-refractivity contribution is 4.80. The third-order valence-corrected chi connectivity index (χ3v) is 3.13. The van der Waals surface area contributed by atoms with Gasteiger partial charge in [0.05, 0.1) is 0 Å². The van der Waals surface area contributed by atoms with E-state index in [2.05, 4.69) is 18.7 Å². The van der Waals surface area contributed by atoms with Crippen molar-refractivity contribution in [1.82, 2.24) is 4.90 Å². The van der Waals surface area contributed by atoms with E-state index in [1.807, 2.05) is 0 Å². The van der Waals surface area contributed by atoms with E-state index >= 15 is 0 Å². The zero-order chi connectivity index (χ0) is 9.68. The summed E-state index contributed by atoms with van der Waals surface area (Å²) in [5.74, 6) is 0.885. The molecule has 2 atom stereocenters. The van der Waals surface area contributed by atoms with Crippen molar-refractivity contribution < 1.29 is 0 Å². The van der Waals surface area contributed by atoms with Gasteiger partial charge in [0, 0.05) is 19.1 Å². The average Bonchev–Trinajstić information content (AvgIpc) is 2.54. The van der Waals surface area contributed by atoms with Gasteiger partial charge in [-0.2, -0.15) is 0 Å². The summed E-state index contributed by atoms with van der Waals surface area (Å²) in [6.07, 6.45) is 5.27. The standard InChI is InChI=1S/C11H24N2/c1-3-4-5-11(8-12)13-7-6-10(2)9-13/h10-11H,3-9,12H2,1-2H3. The number of likely N-dealkylation sites (tertiary alicyclic amines) is 1. The predicted octanol–water partition coefficient (Wildman–Crippen LogP) is 1.85. The predicted molar refractivity (Wildman–Crippen MR) is 57.7 cm³/mol. The Balaban J connectivity index is 2.29. The third-order valence-electron chi connectivity index (χ3n) is 3.13. The maximum Gasteiger partial charge on any atom is 0.0218 e. The van der Waals surface area contributed by atoms with Gasteiger partial charge in [0.25, 0.3) is 0 Å². The SMILES string of the molecule is CCCCC(CN)N1CCC(C)C1. The molecule has 0 saturated carbocycles. The summed E-state index contributed by atoms with van der Waals surface area (Å²) < 4.78 is 0. The maximum absolute atomic E-state index is 5.80. The maximum atomic E-state index is 5.80. The molecule has 78 valence electrons. The minimum Gasteiger partial charge on any atom is -0.329 e. The highest BCUT2D eigenvalue weighted by Gasteiger charge is 2.24. The van der Waals surface area contributed by atoms with Gasteiger partial charge in [-0.1, -0.05) is 26.7 Å². The molecule has 1 rings (SSSR count). The van der Waals surface area contributed by atoms with E-state index in [1.165, 1.54) is 38.8 Å². The van der Waals surface area contributed by atoms with E-state index in [0.717, 1.165) is 12.5 Å². The number of hydrogen-bond donors (Lipinski definition) is 1. The molecule has 2 N–H and O–H groups in total. The molecule has 0 aliphatic carbocycles. The minimum absolute atomic E-state index is 0.657. The molecule has 0 spiro atoms. The minimum atomic E-state index is 0.657. The van der Waals surface area contributed by atoms with Crippen LogP contribution in [0.1, 0.15) is 39.5 Å². The largest absolute Gasteiger partial charge is 0.329 e. The van der Waals surface area contributed by atoms with Crippen molar-refractivity contribution in [2.24, 2.45) is 11.7 Å². The second-order valence-electron chi connectivity index (χ2n) is 4.42. The Hall–Kier alpha value is -0.0800. The first-order valence-corrected chi connectivity index (χ1v) is 5.72. The van der Waals surface area contributed by atoms with Crippen LogP contribution >= 0.6 is 0 Å². The van der Waals surface area contributed by atoms with Crippen LogP contribution in [0.25, 0.3) is 0 Å². The van der Waals surface area contributed by atoms with Crippen molar-refractivity contribution in [1.29, 1.82) is 0 Å². The lowest BCUT2D eigenvalue weighted by molar-refractivity contribution is 0.225. The first kappa shape index (κ1) is 11.0. The molecule has 2 heteroatoms. The molecule has 0 amide bonds. The molecule has 1 heterocycles. The monoisotopic (exact) mass is 184 g/mol. The normalized spacial score (nSPS) is 26.5. The third kappa shape index (κ3) is 3.28. The molecule has 1 fully saturated rings. The number of hydrogen-bond acceptors (Lipinski definition) is 2. The van der Waals surface area contributed by atoms with Gasteiger partial charge in [0.15, 0.2) is 0 Å². The Bertz CT molecular complexity index is 136. The lowest BCUT2D eigenvalue weighted by Crippen LogP contribution is -2.39. The van der Waals surface area contributed by atoms with E-state index in [-0.39, 0.29) is 0 Å². The topological polar surface area (TPSA) is 29.3 Å². The molecule has 2 unspecified atom stereocenters. The number of nitrogens with zero attached hydrogens (tertiary/aromatic N) is 1. The van der Waals surface area contributed by atoms with Crippen LogP contribution in [0.5, 0.6) is 0 Å². The second-order valence-corrected chi connectivity index (χ2v) is 4.42. The molecule has 0 aromatic carbocycles. The first-order chi connectivity index (χ1) is 6.27. The van der Waals surface area contributed by atoms with Crippen molar-refractivity contribution in [3.8, 4) is 0 Å². The zero-order valence-electron chi connectivity index (χ0n) is 9.13. The van der Waals surface area contributed by atoms with Crippen molar-refractivity contribution in [2.45, 2.75) is 45.6 Å². The van der Waals surface area contributed by atoms with Crippen LogP contribution in [0, 0.1) is 5.92 Å². The first-order valence-electron chi connectivity index (χ1n) is 5.72. The molecule has 0 aromatic rings. The van der Waals surface area contributed by atoms with Gasteiger partial charge in [-0.3, -0.25) is 4.90 Å². The van der Waals surface area contributed by atoms with E-state index in [4.69, 9.17) is 5.73 Å². The summed E-state index contributed by atoms with van der Waals surface area (Å²) in [6, 6.07) is 0.657. The Morgan fingerprint density at radius 2 is 2.31 bits per heavy atom. The lowest BCUT2D eigenvalue weighted by Gasteiger charge is -2.26. The van der Waals surface area contributed by atoms with Crippen LogP contribution < -0.4 is 5.73 Å². The molecule has 1 aliphatic rings. The molecule has 0 radical (unpaired) electrons. The molecule has 0 bridgehead atoms. The smallest absolute Gasteiger partial charge is 0.0218 e. The second kappa shape index (κ2) is 5.61. The Morgan fingerprint density at radius 1 is 1.54 bits per heavy atom. The Labute approximate surface area is 82.5 Å². The fourth-order valence-electron chi connectivity index (χ4n) is 2.19. The highest BCUT2D eigenvalue weighted by Crippen LogP contribution is 2.19. The van der Waals surface area contributed by atoms with Crippen LogP contribution in [-0.4, -0.2) is 30.6 Å². The lowest BCUT2D eigenvalue weighted by atomic mass is 10.1. The van der Waals surface area contributed by atoms with Gasteiger partial charge in [0.2, 0.25) is 0 Å². The highest BCUT2D eigenvalue weighted by atomic mass is 15.2. The summed E-state index contributed by atoms with van der Waals surface area (Å²) in [4.78, 5) is 2.58. The molecule has 2 nitrogen and oxygen atoms in total. The molecule has 1 saturated heterocycles. The zero-order valence-corrected chi connectivity index (χ0v) is 9.13. The van der Waals surface area contributed by atoms with Gasteiger partial charge in [0.1, 0.15) is 0 Å². The molecule has 1 aliphatic heterocycles. The van der Waals surface area contributed by atoms with Crippen LogP contribution in [0.3, 0.4) is 0 Å². The number of unbranched alkanes of at least 4 members (excludes halogenated alkanes) is 1. The van der Waals surface area contributed by atoms with E-state index in [9.17, 15) is 0 Å². The Morgan fingerprint density at radius 3 is 2.77 bits per heavy atom. The summed E-state index contributed by atoms with van der Waals surface area (Å²) in [5, 5.41) is 0. The van der Waals surface area contributed by atoms with Crippen LogP contribution in [0.15, 0.2) is 0 Å². The van der Waals surface area contributed by atoms with E-state index in [0.29, 0.717) is 6.04 Å². The summed E-state index contributed by atoms with van der Waals surface area (Å²) >= 11 is 0. The van der Waals surface area contributed by atoms with Gasteiger partial charge < -0.3 is 5.73 Å². The van der Waals surface area contributed by atoms with Gasteiger partial charge >= 0.3 is 0 Å². The van der Waals surface area contributed by atoms with E-state index < -0.39 is 0 Å². The molecular formula is C11H24N2. The van der Waals surface area contributed by atoms with E-state index in [1.54, 1.807) is 0 Å². The van der Waals surface area contributed by atoms with Crippen molar-refractivity contribution in [2.75, 3.05) is 19.6 Å². The van der Waals surface area contributed by atoms with Crippen molar-refractivity contribution in [3.05, 3.63) is 0 Å². The van der Waals surface area contributed by atoms with Gasteiger partial charge in [-0.05, 0) is 25.3 Å². The fourth-order valence-corrected chi connectivity index (χ4v) is 2.19. The quantitative estimate of drug-likeness (QED) is 0.706. The summed E-state index contributed by atoms with van der Waals surface area (Å²) in [5.41, 5.74) is 5.80.